The number of nitrogens with zero attached hydrogens (tertiary/aromatic N) is 2. The minimum Gasteiger partial charge on any atom is -0.301 e. The molecule has 0 atom stereocenters. The number of aromatic nitrogens is 2. The minimum absolute atomic E-state index is 0.0926. The van der Waals surface area contributed by atoms with Gasteiger partial charge in [0.1, 0.15) is 5.01 Å². The van der Waals surface area contributed by atoms with Crippen molar-refractivity contribution in [2.75, 3.05) is 5.32 Å². The molecule has 9 heteroatoms. The topological polar surface area (TPSA) is 104 Å². The highest BCUT2D eigenvalue weighted by Gasteiger charge is 2.10. The van der Waals surface area contributed by atoms with Crippen LogP contribution in [0, 0.1) is 0 Å². The van der Waals surface area contributed by atoms with Crippen molar-refractivity contribution in [3.05, 3.63) is 28.7 Å². The average Bonchev–Trinajstić information content (AvgIpc) is 3.06. The molecular weight excluding hydrogens is 408 g/mol. The Hall–Kier alpha value is -1.84. The number of carbonyl (C=O) groups excluding carboxylic acids is 2. The Morgan fingerprint density at radius 1 is 1.08 bits per heavy atom. The fraction of sp³-hybridized carbons (Fsp3) is 0.375. The Balaban J connectivity index is 1.70. The zero-order valence-corrected chi connectivity index (χ0v) is 15.9. The minimum atomic E-state index is -0.379. The van der Waals surface area contributed by atoms with Gasteiger partial charge in [-0.05, 0) is 25.0 Å². The molecule has 0 aliphatic rings. The van der Waals surface area contributed by atoms with Crippen LogP contribution in [0.25, 0.3) is 10.6 Å². The van der Waals surface area contributed by atoms with E-state index >= 15 is 0 Å². The molecule has 0 aliphatic carbocycles. The molecule has 0 unspecified atom stereocenters. The molecule has 2 aromatic rings. The number of rotatable bonds is 9. The number of amides is 2. The van der Waals surface area contributed by atoms with Gasteiger partial charge in [0.2, 0.25) is 16.9 Å². The van der Waals surface area contributed by atoms with Gasteiger partial charge in [-0.3, -0.25) is 14.8 Å². The van der Waals surface area contributed by atoms with Crippen molar-refractivity contribution in [3.8, 4) is 10.6 Å². The average molecular weight is 427 g/mol. The van der Waals surface area contributed by atoms with Crippen molar-refractivity contribution in [3.63, 3.8) is 0 Å². The monoisotopic (exact) mass is 426 g/mol. The summed E-state index contributed by atoms with van der Waals surface area (Å²) in [6.45, 7) is 0. The third-order valence-electron chi connectivity index (χ3n) is 3.43. The van der Waals surface area contributed by atoms with E-state index in [0.717, 1.165) is 34.3 Å². The van der Waals surface area contributed by atoms with Gasteiger partial charge in [0.15, 0.2) is 0 Å². The SMILES string of the molecule is O=C(CCCCCCC(=O)Nc1nnc(-c2cccc(Br)c2)s1)NO. The van der Waals surface area contributed by atoms with Crippen LogP contribution >= 0.6 is 27.3 Å². The molecule has 0 fully saturated rings. The van der Waals surface area contributed by atoms with Crippen LogP contribution in [0.4, 0.5) is 5.13 Å². The van der Waals surface area contributed by atoms with Crippen LogP contribution in [-0.4, -0.2) is 27.2 Å². The maximum Gasteiger partial charge on any atom is 0.243 e. The lowest BCUT2D eigenvalue weighted by atomic mass is 10.1. The Morgan fingerprint density at radius 3 is 2.48 bits per heavy atom. The van der Waals surface area contributed by atoms with Crippen molar-refractivity contribution in [2.24, 2.45) is 0 Å². The highest BCUT2D eigenvalue weighted by molar-refractivity contribution is 9.10. The molecule has 0 saturated heterocycles. The standard InChI is InChI=1S/C16H19BrN4O3S/c17-12-7-5-6-11(10-12)15-19-20-16(25-15)18-13(22)8-3-1-2-4-9-14(23)21-24/h5-7,10,24H,1-4,8-9H2,(H,21,23)(H,18,20,22). The van der Waals surface area contributed by atoms with E-state index in [-0.39, 0.29) is 11.8 Å². The number of nitrogens with one attached hydrogen (secondary N) is 2. The lowest BCUT2D eigenvalue weighted by Crippen LogP contribution is -2.17. The maximum atomic E-state index is 11.9. The van der Waals surface area contributed by atoms with Gasteiger partial charge < -0.3 is 5.32 Å². The highest BCUT2D eigenvalue weighted by Crippen LogP contribution is 2.28. The first-order chi connectivity index (χ1) is 12.1. The summed E-state index contributed by atoms with van der Waals surface area (Å²) in [6, 6.07) is 7.74. The fourth-order valence-corrected chi connectivity index (χ4v) is 3.33. The van der Waals surface area contributed by atoms with E-state index in [1.54, 1.807) is 5.48 Å². The molecule has 1 aromatic carbocycles. The predicted octanol–water partition coefficient (Wildman–Crippen LogP) is 3.75. The number of halogens is 1. The number of unbranched alkanes of at least 4 members (excludes halogenated alkanes) is 3. The van der Waals surface area contributed by atoms with Crippen LogP contribution in [0.3, 0.4) is 0 Å². The number of hydrogen-bond acceptors (Lipinski definition) is 6. The third-order valence-corrected chi connectivity index (χ3v) is 4.81. The molecular formula is C16H19BrN4O3S. The van der Waals surface area contributed by atoms with Crippen LogP contribution in [-0.2, 0) is 9.59 Å². The van der Waals surface area contributed by atoms with E-state index in [1.165, 1.54) is 11.3 Å². The van der Waals surface area contributed by atoms with Gasteiger partial charge in [-0.2, -0.15) is 0 Å². The predicted molar refractivity (Wildman–Crippen MR) is 99.3 cm³/mol. The molecule has 0 saturated carbocycles. The number of hydroxylamine groups is 1. The summed E-state index contributed by atoms with van der Waals surface area (Å²) in [6.07, 6.45) is 3.83. The maximum absolute atomic E-state index is 11.9. The highest BCUT2D eigenvalue weighted by atomic mass is 79.9. The quantitative estimate of drug-likeness (QED) is 0.321. The second kappa shape index (κ2) is 10.2. The number of carbonyl (C=O) groups is 2. The molecule has 0 spiro atoms. The van der Waals surface area contributed by atoms with Crippen molar-refractivity contribution >= 4 is 44.2 Å². The summed E-state index contributed by atoms with van der Waals surface area (Å²) >= 11 is 4.75. The molecule has 2 amide bonds. The van der Waals surface area contributed by atoms with Gasteiger partial charge in [0.25, 0.3) is 0 Å². The Morgan fingerprint density at radius 2 is 1.80 bits per heavy atom. The fourth-order valence-electron chi connectivity index (χ4n) is 2.17. The normalized spacial score (nSPS) is 10.5. The summed E-state index contributed by atoms with van der Waals surface area (Å²) in [5.74, 6) is -0.472. The molecule has 7 nitrogen and oxygen atoms in total. The Kier molecular flexibility index (Phi) is 7.96. The summed E-state index contributed by atoms with van der Waals surface area (Å²) in [5, 5.41) is 20.5. The van der Waals surface area contributed by atoms with E-state index in [0.29, 0.717) is 24.4 Å². The lowest BCUT2D eigenvalue weighted by Gasteiger charge is -2.02. The van der Waals surface area contributed by atoms with Crippen LogP contribution in [0.15, 0.2) is 28.7 Å². The number of hydrogen-bond donors (Lipinski definition) is 3. The zero-order valence-electron chi connectivity index (χ0n) is 13.5. The number of benzene rings is 1. The second-order valence-corrected chi connectivity index (χ2v) is 7.31. The van der Waals surface area contributed by atoms with Crippen molar-refractivity contribution < 1.29 is 14.8 Å². The molecule has 2 rings (SSSR count). The van der Waals surface area contributed by atoms with Crippen LogP contribution in [0.2, 0.25) is 0 Å². The van der Waals surface area contributed by atoms with Gasteiger partial charge in [0, 0.05) is 22.9 Å². The molecule has 1 heterocycles. The van der Waals surface area contributed by atoms with Gasteiger partial charge in [0.05, 0.1) is 0 Å². The smallest absolute Gasteiger partial charge is 0.243 e. The van der Waals surface area contributed by atoms with E-state index in [4.69, 9.17) is 5.21 Å². The molecule has 0 bridgehead atoms. The molecule has 1 aromatic heterocycles. The number of anilines is 1. The van der Waals surface area contributed by atoms with Crippen molar-refractivity contribution in [1.82, 2.24) is 15.7 Å². The van der Waals surface area contributed by atoms with Crippen LogP contribution < -0.4 is 10.8 Å². The molecule has 3 N–H and O–H groups in total. The first kappa shape index (κ1) is 19.5. The van der Waals surface area contributed by atoms with E-state index in [9.17, 15) is 9.59 Å². The summed E-state index contributed by atoms with van der Waals surface area (Å²) < 4.78 is 0.960. The molecule has 134 valence electrons. The Labute approximate surface area is 157 Å². The van der Waals surface area contributed by atoms with E-state index in [1.807, 2.05) is 24.3 Å². The van der Waals surface area contributed by atoms with Gasteiger partial charge in [-0.15, -0.1) is 10.2 Å². The summed E-state index contributed by atoms with van der Waals surface area (Å²) in [5.41, 5.74) is 2.54. The lowest BCUT2D eigenvalue weighted by molar-refractivity contribution is -0.129. The molecule has 0 radical (unpaired) electrons. The molecule has 25 heavy (non-hydrogen) atoms. The first-order valence-corrected chi connectivity index (χ1v) is 9.51. The van der Waals surface area contributed by atoms with Crippen LogP contribution in [0.1, 0.15) is 38.5 Å². The van der Waals surface area contributed by atoms with E-state index in [2.05, 4.69) is 31.4 Å². The molecule has 0 aliphatic heterocycles. The second-order valence-electron chi connectivity index (χ2n) is 5.42. The van der Waals surface area contributed by atoms with Crippen molar-refractivity contribution in [1.29, 1.82) is 0 Å². The van der Waals surface area contributed by atoms with Crippen LogP contribution in [0.5, 0.6) is 0 Å². The third kappa shape index (κ3) is 6.89. The zero-order chi connectivity index (χ0) is 18.1. The van der Waals surface area contributed by atoms with E-state index < -0.39 is 0 Å². The van der Waals surface area contributed by atoms with Gasteiger partial charge in [-0.25, -0.2) is 5.48 Å². The summed E-state index contributed by atoms with van der Waals surface area (Å²) in [4.78, 5) is 22.8. The van der Waals surface area contributed by atoms with Crippen molar-refractivity contribution in [2.45, 2.75) is 38.5 Å². The van der Waals surface area contributed by atoms with Gasteiger partial charge >= 0.3 is 0 Å². The Bertz CT molecular complexity index is 723. The summed E-state index contributed by atoms with van der Waals surface area (Å²) in [7, 11) is 0. The van der Waals surface area contributed by atoms with Gasteiger partial charge in [-0.1, -0.05) is 52.2 Å². The first-order valence-electron chi connectivity index (χ1n) is 7.90. The largest absolute Gasteiger partial charge is 0.301 e.